The minimum Gasteiger partial charge on any atom is -0.449 e. The van der Waals surface area contributed by atoms with E-state index in [2.05, 4.69) is 30.6 Å². The second-order valence-corrected chi connectivity index (χ2v) is 3.75. The molecule has 16 heavy (non-hydrogen) atoms. The lowest BCUT2D eigenvalue weighted by atomic mass is 10.2. The van der Waals surface area contributed by atoms with E-state index in [4.69, 9.17) is 5.11 Å². The number of rotatable bonds is 1. The van der Waals surface area contributed by atoms with Gasteiger partial charge in [0.15, 0.2) is 5.75 Å². The molecule has 0 atom stereocenters. The van der Waals surface area contributed by atoms with Gasteiger partial charge in [-0.2, -0.15) is 0 Å². The lowest BCUT2D eigenvalue weighted by Gasteiger charge is -2.03. The van der Waals surface area contributed by atoms with Crippen LogP contribution in [-0.4, -0.2) is 21.2 Å². The van der Waals surface area contributed by atoms with Gasteiger partial charge in [0.1, 0.15) is 0 Å². The SMILES string of the molecule is O=C(O)Oc1cc2nc[nH]c(=O)c2cc1Br. The minimum absolute atomic E-state index is 0.0955. The molecule has 0 unspecified atom stereocenters. The summed E-state index contributed by atoms with van der Waals surface area (Å²) < 4.78 is 4.89. The Kier molecular flexibility index (Phi) is 2.61. The molecule has 6 nitrogen and oxygen atoms in total. The van der Waals surface area contributed by atoms with Crippen LogP contribution in [-0.2, 0) is 0 Å². The summed E-state index contributed by atoms with van der Waals surface area (Å²) in [4.78, 5) is 28.1. The molecule has 7 heteroatoms. The van der Waals surface area contributed by atoms with E-state index in [-0.39, 0.29) is 11.3 Å². The average molecular weight is 285 g/mol. The van der Waals surface area contributed by atoms with Gasteiger partial charge in [0, 0.05) is 6.07 Å². The van der Waals surface area contributed by atoms with E-state index in [0.717, 1.165) is 0 Å². The number of halogens is 1. The van der Waals surface area contributed by atoms with Gasteiger partial charge >= 0.3 is 6.16 Å². The quantitative estimate of drug-likeness (QED) is 0.615. The normalized spacial score (nSPS) is 10.3. The molecule has 2 N–H and O–H groups in total. The van der Waals surface area contributed by atoms with Crippen molar-refractivity contribution >= 4 is 33.0 Å². The minimum atomic E-state index is -1.43. The van der Waals surface area contributed by atoms with E-state index < -0.39 is 6.16 Å². The van der Waals surface area contributed by atoms with Crippen LogP contribution in [0.4, 0.5) is 4.79 Å². The number of nitrogens with one attached hydrogen (secondary N) is 1. The summed E-state index contributed by atoms with van der Waals surface area (Å²) in [6.45, 7) is 0. The Morgan fingerprint density at radius 2 is 2.25 bits per heavy atom. The van der Waals surface area contributed by atoms with Crippen LogP contribution in [0.3, 0.4) is 0 Å². The molecule has 0 aliphatic rings. The fraction of sp³-hybridized carbons (Fsp3) is 0. The molecular formula is C9H5BrN2O4. The molecule has 0 fully saturated rings. The van der Waals surface area contributed by atoms with Crippen LogP contribution in [0.25, 0.3) is 10.9 Å². The Hall–Kier alpha value is -1.89. The van der Waals surface area contributed by atoms with E-state index >= 15 is 0 Å². The predicted molar refractivity (Wildman–Crippen MR) is 58.7 cm³/mol. The predicted octanol–water partition coefficient (Wildman–Crippen LogP) is 1.74. The summed E-state index contributed by atoms with van der Waals surface area (Å²) in [6.07, 6.45) is -0.187. The van der Waals surface area contributed by atoms with E-state index in [1.54, 1.807) is 0 Å². The molecule has 0 saturated carbocycles. The second-order valence-electron chi connectivity index (χ2n) is 2.90. The summed E-state index contributed by atoms with van der Waals surface area (Å²) >= 11 is 3.11. The second kappa shape index (κ2) is 3.93. The van der Waals surface area contributed by atoms with Crippen molar-refractivity contribution in [1.29, 1.82) is 0 Å². The third-order valence-electron chi connectivity index (χ3n) is 1.89. The highest BCUT2D eigenvalue weighted by atomic mass is 79.9. The number of benzene rings is 1. The number of aromatic nitrogens is 2. The Morgan fingerprint density at radius 3 is 2.94 bits per heavy atom. The fourth-order valence-electron chi connectivity index (χ4n) is 1.24. The molecule has 2 rings (SSSR count). The smallest absolute Gasteiger partial charge is 0.449 e. The van der Waals surface area contributed by atoms with Gasteiger partial charge < -0.3 is 14.8 Å². The largest absolute Gasteiger partial charge is 0.511 e. The van der Waals surface area contributed by atoms with E-state index in [9.17, 15) is 9.59 Å². The van der Waals surface area contributed by atoms with Crippen molar-refractivity contribution in [3.8, 4) is 5.75 Å². The molecule has 0 radical (unpaired) electrons. The molecule has 0 spiro atoms. The van der Waals surface area contributed by atoms with Crippen LogP contribution < -0.4 is 10.3 Å². The van der Waals surface area contributed by atoms with Crippen molar-refractivity contribution in [3.05, 3.63) is 33.3 Å². The number of hydrogen-bond acceptors (Lipinski definition) is 4. The lowest BCUT2D eigenvalue weighted by molar-refractivity contribution is 0.144. The van der Waals surface area contributed by atoms with Crippen LogP contribution in [0.2, 0.25) is 0 Å². The number of carboxylic acid groups (broad SMARTS) is 1. The van der Waals surface area contributed by atoms with E-state index in [0.29, 0.717) is 15.4 Å². The zero-order valence-electron chi connectivity index (χ0n) is 7.73. The van der Waals surface area contributed by atoms with Gasteiger partial charge in [-0.15, -0.1) is 0 Å². The Morgan fingerprint density at radius 1 is 1.50 bits per heavy atom. The van der Waals surface area contributed by atoms with Gasteiger partial charge in [-0.25, -0.2) is 9.78 Å². The van der Waals surface area contributed by atoms with Crippen LogP contribution in [0.1, 0.15) is 0 Å². The van der Waals surface area contributed by atoms with Crippen LogP contribution >= 0.6 is 15.9 Å². The first kappa shape index (κ1) is 10.6. The molecule has 0 bridgehead atoms. The Labute approximate surface area is 97.0 Å². The summed E-state index contributed by atoms with van der Waals surface area (Å²) in [5, 5.41) is 8.84. The first-order valence-corrected chi connectivity index (χ1v) is 4.95. The van der Waals surface area contributed by atoms with Crippen molar-refractivity contribution in [2.75, 3.05) is 0 Å². The molecule has 1 aromatic heterocycles. The van der Waals surface area contributed by atoms with Crippen LogP contribution in [0, 0.1) is 0 Å². The molecule has 1 heterocycles. The van der Waals surface area contributed by atoms with Crippen LogP contribution in [0.15, 0.2) is 27.7 Å². The zero-order valence-corrected chi connectivity index (χ0v) is 9.32. The number of aromatic amines is 1. The first-order chi connectivity index (χ1) is 7.58. The Balaban J connectivity index is 2.67. The number of hydrogen-bond donors (Lipinski definition) is 2. The molecule has 82 valence electrons. The fourth-order valence-corrected chi connectivity index (χ4v) is 1.67. The summed E-state index contributed by atoms with van der Waals surface area (Å²) in [5.74, 6) is 0.0955. The molecule has 2 aromatic rings. The lowest BCUT2D eigenvalue weighted by Crippen LogP contribution is -2.08. The third kappa shape index (κ3) is 1.89. The molecule has 0 aliphatic heterocycles. The highest BCUT2D eigenvalue weighted by molar-refractivity contribution is 9.10. The highest BCUT2D eigenvalue weighted by Crippen LogP contribution is 2.28. The maximum atomic E-state index is 11.4. The van der Waals surface area contributed by atoms with Gasteiger partial charge in [-0.3, -0.25) is 4.79 Å². The number of nitrogens with zero attached hydrogens (tertiary/aromatic N) is 1. The third-order valence-corrected chi connectivity index (χ3v) is 2.51. The number of fused-ring (bicyclic) bond motifs is 1. The highest BCUT2D eigenvalue weighted by Gasteiger charge is 2.10. The van der Waals surface area contributed by atoms with Gasteiger partial charge in [-0.05, 0) is 22.0 Å². The monoisotopic (exact) mass is 284 g/mol. The standard InChI is InChI=1S/C9H5BrN2O4/c10-5-1-4-6(11-3-12-8(4)13)2-7(5)16-9(14)15/h1-3H,(H,14,15)(H,11,12,13). The molecule has 0 saturated heterocycles. The topological polar surface area (TPSA) is 92.3 Å². The van der Waals surface area contributed by atoms with Gasteiger partial charge in [-0.1, -0.05) is 0 Å². The molecular weight excluding hydrogens is 280 g/mol. The maximum Gasteiger partial charge on any atom is 0.511 e. The zero-order chi connectivity index (χ0) is 11.7. The Bertz CT molecular complexity index is 622. The molecule has 0 amide bonds. The van der Waals surface area contributed by atoms with Crippen molar-refractivity contribution in [2.45, 2.75) is 0 Å². The van der Waals surface area contributed by atoms with Gasteiger partial charge in [0.25, 0.3) is 5.56 Å². The summed E-state index contributed by atoms with van der Waals surface area (Å²) in [6, 6.07) is 2.84. The number of H-pyrrole nitrogens is 1. The van der Waals surface area contributed by atoms with Gasteiger partial charge in [0.2, 0.25) is 0 Å². The molecule has 1 aromatic carbocycles. The van der Waals surface area contributed by atoms with Crippen molar-refractivity contribution < 1.29 is 14.6 Å². The average Bonchev–Trinajstić information content (AvgIpc) is 2.20. The van der Waals surface area contributed by atoms with Crippen LogP contribution in [0.5, 0.6) is 5.75 Å². The number of ether oxygens (including phenoxy) is 1. The maximum absolute atomic E-state index is 11.4. The summed E-state index contributed by atoms with van der Waals surface area (Å²) in [5.41, 5.74) is 0.0655. The van der Waals surface area contributed by atoms with Gasteiger partial charge in [0.05, 0.1) is 21.7 Å². The van der Waals surface area contributed by atoms with Crippen molar-refractivity contribution in [3.63, 3.8) is 0 Å². The molecule has 0 aliphatic carbocycles. The summed E-state index contributed by atoms with van der Waals surface area (Å²) in [7, 11) is 0. The van der Waals surface area contributed by atoms with Crippen molar-refractivity contribution in [2.24, 2.45) is 0 Å². The van der Waals surface area contributed by atoms with E-state index in [1.165, 1.54) is 18.5 Å². The van der Waals surface area contributed by atoms with E-state index in [1.807, 2.05) is 0 Å². The van der Waals surface area contributed by atoms with Crippen molar-refractivity contribution in [1.82, 2.24) is 9.97 Å². The number of carbonyl (C=O) groups is 1. The first-order valence-electron chi connectivity index (χ1n) is 4.15.